The SMILES string of the molecule is c1cc(-c2ccc(-c3ccncc3)cc2)c2nsnc2c1. The summed E-state index contributed by atoms with van der Waals surface area (Å²) in [4.78, 5) is 4.05. The maximum Gasteiger partial charge on any atom is 0.112 e. The van der Waals surface area contributed by atoms with Gasteiger partial charge in [0.25, 0.3) is 0 Å². The van der Waals surface area contributed by atoms with Crippen molar-refractivity contribution in [3.8, 4) is 22.3 Å². The molecule has 4 heteroatoms. The Morgan fingerprint density at radius 1 is 0.667 bits per heavy atom. The van der Waals surface area contributed by atoms with Crippen LogP contribution in [0, 0.1) is 0 Å². The summed E-state index contributed by atoms with van der Waals surface area (Å²) >= 11 is 1.25. The lowest BCUT2D eigenvalue weighted by molar-refractivity contribution is 1.33. The summed E-state index contributed by atoms with van der Waals surface area (Å²) in [7, 11) is 0. The smallest absolute Gasteiger partial charge is 0.112 e. The number of benzene rings is 2. The predicted molar refractivity (Wildman–Crippen MR) is 86.1 cm³/mol. The summed E-state index contributed by atoms with van der Waals surface area (Å²) in [5.74, 6) is 0. The van der Waals surface area contributed by atoms with Crippen LogP contribution in [-0.2, 0) is 0 Å². The molecule has 2 heterocycles. The van der Waals surface area contributed by atoms with Gasteiger partial charge in [-0.25, -0.2) is 0 Å². The van der Waals surface area contributed by atoms with E-state index in [-0.39, 0.29) is 0 Å². The summed E-state index contributed by atoms with van der Waals surface area (Å²) in [6, 6.07) is 18.6. The first-order valence-corrected chi connectivity index (χ1v) is 7.37. The first kappa shape index (κ1) is 12.2. The van der Waals surface area contributed by atoms with Crippen molar-refractivity contribution in [2.75, 3.05) is 0 Å². The van der Waals surface area contributed by atoms with Crippen molar-refractivity contribution in [1.29, 1.82) is 0 Å². The standard InChI is InChI=1S/C17H11N3S/c1-2-15(17-16(3-1)19-21-20-17)14-6-4-12(5-7-14)13-8-10-18-11-9-13/h1-11H. The largest absolute Gasteiger partial charge is 0.265 e. The first-order chi connectivity index (χ1) is 10.4. The van der Waals surface area contributed by atoms with Crippen molar-refractivity contribution in [3.05, 3.63) is 67.0 Å². The van der Waals surface area contributed by atoms with Crippen molar-refractivity contribution in [2.24, 2.45) is 0 Å². The second-order valence-electron chi connectivity index (χ2n) is 4.75. The summed E-state index contributed by atoms with van der Waals surface area (Å²) < 4.78 is 8.69. The second kappa shape index (κ2) is 5.07. The van der Waals surface area contributed by atoms with Crippen molar-refractivity contribution in [3.63, 3.8) is 0 Å². The molecule has 0 radical (unpaired) electrons. The Hall–Kier alpha value is -2.59. The third-order valence-corrected chi connectivity index (χ3v) is 4.04. The summed E-state index contributed by atoms with van der Waals surface area (Å²) in [6.07, 6.45) is 3.62. The molecule has 4 aromatic rings. The minimum absolute atomic E-state index is 0.954. The van der Waals surface area contributed by atoms with E-state index in [2.05, 4.69) is 44.1 Å². The summed E-state index contributed by atoms with van der Waals surface area (Å²) in [6.45, 7) is 0. The van der Waals surface area contributed by atoms with Crippen LogP contribution in [0.3, 0.4) is 0 Å². The average molecular weight is 289 g/mol. The lowest BCUT2D eigenvalue weighted by Crippen LogP contribution is -1.82. The molecule has 0 bridgehead atoms. The molecule has 0 aliphatic heterocycles. The van der Waals surface area contributed by atoms with E-state index in [4.69, 9.17) is 0 Å². The Kier molecular flexibility index (Phi) is 2.94. The van der Waals surface area contributed by atoms with Crippen LogP contribution in [0.25, 0.3) is 33.3 Å². The van der Waals surface area contributed by atoms with Gasteiger partial charge in [0.2, 0.25) is 0 Å². The Morgan fingerprint density at radius 3 is 2.19 bits per heavy atom. The molecule has 3 nitrogen and oxygen atoms in total. The second-order valence-corrected chi connectivity index (χ2v) is 5.28. The zero-order chi connectivity index (χ0) is 14.1. The Morgan fingerprint density at radius 2 is 1.38 bits per heavy atom. The number of hydrogen-bond donors (Lipinski definition) is 0. The van der Waals surface area contributed by atoms with Crippen LogP contribution in [0.4, 0.5) is 0 Å². The zero-order valence-corrected chi connectivity index (χ0v) is 11.9. The van der Waals surface area contributed by atoms with E-state index in [0.29, 0.717) is 0 Å². The first-order valence-electron chi connectivity index (χ1n) is 6.64. The molecule has 100 valence electrons. The molecular weight excluding hydrogens is 278 g/mol. The van der Waals surface area contributed by atoms with Crippen LogP contribution >= 0.6 is 11.7 Å². The van der Waals surface area contributed by atoms with Crippen molar-refractivity contribution in [1.82, 2.24) is 13.7 Å². The molecule has 0 unspecified atom stereocenters. The number of nitrogens with zero attached hydrogens (tertiary/aromatic N) is 3. The van der Waals surface area contributed by atoms with Crippen LogP contribution in [0.5, 0.6) is 0 Å². The van der Waals surface area contributed by atoms with Crippen LogP contribution in [0.2, 0.25) is 0 Å². The van der Waals surface area contributed by atoms with Gasteiger partial charge in [0.15, 0.2) is 0 Å². The fraction of sp³-hybridized carbons (Fsp3) is 0. The molecule has 0 fully saturated rings. The van der Waals surface area contributed by atoms with Gasteiger partial charge >= 0.3 is 0 Å². The minimum Gasteiger partial charge on any atom is -0.265 e. The Labute approximate surface area is 126 Å². The van der Waals surface area contributed by atoms with Gasteiger partial charge in [-0.1, -0.05) is 36.4 Å². The number of hydrogen-bond acceptors (Lipinski definition) is 4. The van der Waals surface area contributed by atoms with Gasteiger partial charge in [-0.05, 0) is 34.9 Å². The molecule has 4 rings (SSSR count). The van der Waals surface area contributed by atoms with Crippen molar-refractivity contribution < 1.29 is 0 Å². The maximum absolute atomic E-state index is 4.40. The predicted octanol–water partition coefficient (Wildman–Crippen LogP) is 4.42. The normalized spacial score (nSPS) is 10.9. The number of fused-ring (bicyclic) bond motifs is 1. The van der Waals surface area contributed by atoms with Crippen LogP contribution in [0.1, 0.15) is 0 Å². The average Bonchev–Trinajstić information content (AvgIpc) is 3.04. The molecule has 0 amide bonds. The monoisotopic (exact) mass is 289 g/mol. The molecule has 0 N–H and O–H groups in total. The van der Waals surface area contributed by atoms with Gasteiger partial charge in [0, 0.05) is 18.0 Å². The van der Waals surface area contributed by atoms with Crippen LogP contribution in [0.15, 0.2) is 67.0 Å². The fourth-order valence-corrected chi connectivity index (χ4v) is 2.98. The van der Waals surface area contributed by atoms with Crippen LogP contribution in [-0.4, -0.2) is 13.7 Å². The van der Waals surface area contributed by atoms with Gasteiger partial charge < -0.3 is 0 Å². The van der Waals surface area contributed by atoms with E-state index in [1.807, 2.05) is 36.7 Å². The van der Waals surface area contributed by atoms with E-state index in [1.54, 1.807) is 0 Å². The van der Waals surface area contributed by atoms with E-state index in [9.17, 15) is 0 Å². The van der Waals surface area contributed by atoms with Gasteiger partial charge in [-0.2, -0.15) is 8.75 Å². The quantitative estimate of drug-likeness (QED) is 0.548. The highest BCUT2D eigenvalue weighted by Crippen LogP contribution is 2.29. The summed E-state index contributed by atoms with van der Waals surface area (Å²) in [5.41, 5.74) is 6.57. The molecule has 0 aliphatic carbocycles. The van der Waals surface area contributed by atoms with Crippen molar-refractivity contribution >= 4 is 22.8 Å². The highest BCUT2D eigenvalue weighted by atomic mass is 32.1. The number of pyridine rings is 1. The fourth-order valence-electron chi connectivity index (χ4n) is 2.43. The van der Waals surface area contributed by atoms with Gasteiger partial charge in [-0.15, -0.1) is 0 Å². The lowest BCUT2D eigenvalue weighted by Gasteiger charge is -2.05. The molecule has 2 aromatic carbocycles. The molecule has 0 atom stereocenters. The molecule has 0 spiro atoms. The minimum atomic E-state index is 0.954. The Bertz CT molecular complexity index is 883. The van der Waals surface area contributed by atoms with Gasteiger partial charge in [0.1, 0.15) is 11.0 Å². The number of aromatic nitrogens is 3. The van der Waals surface area contributed by atoms with Gasteiger partial charge in [0.05, 0.1) is 11.7 Å². The lowest BCUT2D eigenvalue weighted by atomic mass is 10.00. The third-order valence-electron chi connectivity index (χ3n) is 3.50. The molecule has 0 saturated carbocycles. The highest BCUT2D eigenvalue weighted by molar-refractivity contribution is 7.00. The topological polar surface area (TPSA) is 38.7 Å². The molecular formula is C17H11N3S. The maximum atomic E-state index is 4.40. The third kappa shape index (κ3) is 2.19. The van der Waals surface area contributed by atoms with E-state index >= 15 is 0 Å². The molecule has 21 heavy (non-hydrogen) atoms. The highest BCUT2D eigenvalue weighted by Gasteiger charge is 2.07. The van der Waals surface area contributed by atoms with Crippen molar-refractivity contribution in [2.45, 2.75) is 0 Å². The van der Waals surface area contributed by atoms with E-state index in [1.165, 1.54) is 22.9 Å². The number of rotatable bonds is 2. The molecule has 0 aliphatic rings. The summed E-state index contributed by atoms with van der Waals surface area (Å²) in [5, 5.41) is 0. The zero-order valence-electron chi connectivity index (χ0n) is 11.1. The molecule has 0 saturated heterocycles. The van der Waals surface area contributed by atoms with E-state index < -0.39 is 0 Å². The van der Waals surface area contributed by atoms with Crippen LogP contribution < -0.4 is 0 Å². The van der Waals surface area contributed by atoms with Gasteiger partial charge in [-0.3, -0.25) is 4.98 Å². The van der Waals surface area contributed by atoms with E-state index in [0.717, 1.165) is 22.2 Å². The molecule has 2 aromatic heterocycles. The Balaban J connectivity index is 1.79.